The molecule has 0 spiro atoms. The van der Waals surface area contributed by atoms with Gasteiger partial charge in [0.1, 0.15) is 5.82 Å². The standard InChI is InChI=1S/C17H15ClF3N3O/c18-12-4-5-14(13(9-12)17(19,20)21)23-15-6-3-11(10-22-15)16(25)24-7-1-2-8-24/h3-6,9-10H,1-2,7-8H2,(H,22,23). The summed E-state index contributed by atoms with van der Waals surface area (Å²) in [5, 5.41) is 2.62. The van der Waals surface area contributed by atoms with Crippen LogP contribution in [0.2, 0.25) is 5.02 Å². The van der Waals surface area contributed by atoms with Gasteiger partial charge >= 0.3 is 6.18 Å². The second kappa shape index (κ2) is 6.92. The molecule has 0 radical (unpaired) electrons. The summed E-state index contributed by atoms with van der Waals surface area (Å²) in [5.41, 5.74) is -0.610. The number of hydrogen-bond donors (Lipinski definition) is 1. The number of benzene rings is 1. The molecule has 1 amide bonds. The number of nitrogens with one attached hydrogen (secondary N) is 1. The SMILES string of the molecule is O=C(c1ccc(Nc2ccc(Cl)cc2C(F)(F)F)nc1)N1CCCC1. The second-order valence-electron chi connectivity index (χ2n) is 5.74. The molecule has 3 rings (SSSR count). The first-order valence-corrected chi connectivity index (χ1v) is 8.11. The van der Waals surface area contributed by atoms with Gasteiger partial charge in [-0.15, -0.1) is 0 Å². The zero-order valence-electron chi connectivity index (χ0n) is 13.1. The number of amides is 1. The van der Waals surface area contributed by atoms with Crippen molar-refractivity contribution in [1.82, 2.24) is 9.88 Å². The third-order valence-electron chi connectivity index (χ3n) is 3.95. The fourth-order valence-corrected chi connectivity index (χ4v) is 2.87. The summed E-state index contributed by atoms with van der Waals surface area (Å²) in [6.07, 6.45) is -1.21. The van der Waals surface area contributed by atoms with Crippen LogP contribution in [0, 0.1) is 0 Å². The maximum Gasteiger partial charge on any atom is 0.418 e. The number of anilines is 2. The number of carbonyl (C=O) groups excluding carboxylic acids is 1. The van der Waals surface area contributed by atoms with E-state index in [9.17, 15) is 18.0 Å². The molecule has 2 heterocycles. The lowest BCUT2D eigenvalue weighted by Crippen LogP contribution is -2.27. The summed E-state index contributed by atoms with van der Waals surface area (Å²) >= 11 is 5.66. The van der Waals surface area contributed by atoms with E-state index in [1.807, 2.05) is 0 Å². The van der Waals surface area contributed by atoms with Crippen LogP contribution >= 0.6 is 11.6 Å². The van der Waals surface area contributed by atoms with Crippen LogP contribution in [0.3, 0.4) is 0 Å². The first-order chi connectivity index (χ1) is 11.8. The largest absolute Gasteiger partial charge is 0.418 e. The first kappa shape index (κ1) is 17.5. The average Bonchev–Trinajstić information content (AvgIpc) is 3.10. The van der Waals surface area contributed by atoms with Crippen molar-refractivity contribution in [2.24, 2.45) is 0 Å². The number of nitrogens with zero attached hydrogens (tertiary/aromatic N) is 2. The number of carbonyl (C=O) groups is 1. The Bertz CT molecular complexity index is 772. The maximum absolute atomic E-state index is 13.1. The van der Waals surface area contributed by atoms with Gasteiger partial charge in [0.25, 0.3) is 5.91 Å². The van der Waals surface area contributed by atoms with Crippen LogP contribution in [0.1, 0.15) is 28.8 Å². The van der Waals surface area contributed by atoms with Crippen molar-refractivity contribution in [3.63, 3.8) is 0 Å². The minimum absolute atomic E-state index is 0.00241. The van der Waals surface area contributed by atoms with Gasteiger partial charge in [-0.2, -0.15) is 13.2 Å². The van der Waals surface area contributed by atoms with Gasteiger partial charge in [-0.25, -0.2) is 4.98 Å². The zero-order chi connectivity index (χ0) is 18.0. The summed E-state index contributed by atoms with van der Waals surface area (Å²) < 4.78 is 39.3. The van der Waals surface area contributed by atoms with Crippen molar-refractivity contribution in [1.29, 1.82) is 0 Å². The van der Waals surface area contributed by atoms with E-state index < -0.39 is 11.7 Å². The number of pyridine rings is 1. The van der Waals surface area contributed by atoms with Crippen LogP contribution in [0.25, 0.3) is 0 Å². The summed E-state index contributed by atoms with van der Waals surface area (Å²) in [4.78, 5) is 18.0. The Balaban J connectivity index is 1.79. The molecule has 1 fully saturated rings. The molecule has 1 aromatic heterocycles. The van der Waals surface area contributed by atoms with E-state index in [2.05, 4.69) is 10.3 Å². The Morgan fingerprint density at radius 1 is 1.16 bits per heavy atom. The fourth-order valence-electron chi connectivity index (χ4n) is 2.70. The predicted molar refractivity (Wildman–Crippen MR) is 89.1 cm³/mol. The molecule has 132 valence electrons. The van der Waals surface area contributed by atoms with E-state index in [4.69, 9.17) is 11.6 Å². The molecule has 0 bridgehead atoms. The number of likely N-dealkylation sites (tertiary alicyclic amines) is 1. The lowest BCUT2D eigenvalue weighted by atomic mass is 10.1. The number of alkyl halides is 3. The fraction of sp³-hybridized carbons (Fsp3) is 0.294. The van der Waals surface area contributed by atoms with Crippen molar-refractivity contribution >= 4 is 29.0 Å². The van der Waals surface area contributed by atoms with Gasteiger partial charge in [0.05, 0.1) is 16.8 Å². The average molecular weight is 370 g/mol. The summed E-state index contributed by atoms with van der Waals surface area (Å²) in [5.74, 6) is 0.102. The molecule has 1 aliphatic heterocycles. The van der Waals surface area contributed by atoms with E-state index in [-0.39, 0.29) is 22.4 Å². The van der Waals surface area contributed by atoms with Crippen molar-refractivity contribution in [3.05, 3.63) is 52.7 Å². The molecule has 25 heavy (non-hydrogen) atoms. The third kappa shape index (κ3) is 4.04. The molecule has 0 atom stereocenters. The molecule has 1 N–H and O–H groups in total. The zero-order valence-corrected chi connectivity index (χ0v) is 13.9. The van der Waals surface area contributed by atoms with Gasteiger partial charge < -0.3 is 10.2 Å². The van der Waals surface area contributed by atoms with E-state index in [1.165, 1.54) is 24.4 Å². The Morgan fingerprint density at radius 3 is 2.48 bits per heavy atom. The van der Waals surface area contributed by atoms with Gasteiger partial charge in [0.15, 0.2) is 0 Å². The monoisotopic (exact) mass is 369 g/mol. The molecule has 0 saturated carbocycles. The van der Waals surface area contributed by atoms with Crippen LogP contribution in [0.15, 0.2) is 36.5 Å². The van der Waals surface area contributed by atoms with Gasteiger partial charge in [-0.1, -0.05) is 11.6 Å². The van der Waals surface area contributed by atoms with Crippen LogP contribution in [-0.4, -0.2) is 28.9 Å². The molecule has 1 saturated heterocycles. The molecule has 0 unspecified atom stereocenters. The van der Waals surface area contributed by atoms with Crippen molar-refractivity contribution in [3.8, 4) is 0 Å². The molecular formula is C17H15ClF3N3O. The van der Waals surface area contributed by atoms with Crippen LogP contribution < -0.4 is 5.32 Å². The van der Waals surface area contributed by atoms with Gasteiger partial charge in [0.2, 0.25) is 0 Å². The van der Waals surface area contributed by atoms with E-state index in [1.54, 1.807) is 11.0 Å². The Hall–Kier alpha value is -2.28. The topological polar surface area (TPSA) is 45.2 Å². The minimum Gasteiger partial charge on any atom is -0.340 e. The number of aromatic nitrogens is 1. The van der Waals surface area contributed by atoms with E-state index in [0.29, 0.717) is 5.56 Å². The van der Waals surface area contributed by atoms with Crippen molar-refractivity contribution in [2.45, 2.75) is 19.0 Å². The lowest BCUT2D eigenvalue weighted by molar-refractivity contribution is -0.136. The highest BCUT2D eigenvalue weighted by atomic mass is 35.5. The van der Waals surface area contributed by atoms with E-state index in [0.717, 1.165) is 32.0 Å². The second-order valence-corrected chi connectivity index (χ2v) is 6.18. The lowest BCUT2D eigenvalue weighted by Gasteiger charge is -2.16. The number of rotatable bonds is 3. The highest BCUT2D eigenvalue weighted by molar-refractivity contribution is 6.30. The molecule has 0 aliphatic carbocycles. The maximum atomic E-state index is 13.1. The number of hydrogen-bond acceptors (Lipinski definition) is 3. The highest BCUT2D eigenvalue weighted by Gasteiger charge is 2.34. The van der Waals surface area contributed by atoms with Crippen molar-refractivity contribution < 1.29 is 18.0 Å². The normalized spacial score (nSPS) is 14.6. The predicted octanol–water partition coefficient (Wildman–Crippen LogP) is 4.73. The Labute approximate surface area is 147 Å². The number of halogens is 4. The Morgan fingerprint density at radius 2 is 1.88 bits per heavy atom. The molecule has 4 nitrogen and oxygen atoms in total. The van der Waals surface area contributed by atoms with Crippen LogP contribution in [0.5, 0.6) is 0 Å². The minimum atomic E-state index is -4.54. The summed E-state index contributed by atoms with van der Waals surface area (Å²) in [6.45, 7) is 1.44. The van der Waals surface area contributed by atoms with Crippen LogP contribution in [-0.2, 0) is 6.18 Å². The molecule has 1 aromatic carbocycles. The molecule has 1 aliphatic rings. The molecular weight excluding hydrogens is 355 g/mol. The van der Waals surface area contributed by atoms with Crippen LogP contribution in [0.4, 0.5) is 24.7 Å². The van der Waals surface area contributed by atoms with Crippen molar-refractivity contribution in [2.75, 3.05) is 18.4 Å². The smallest absolute Gasteiger partial charge is 0.340 e. The molecule has 2 aromatic rings. The first-order valence-electron chi connectivity index (χ1n) is 7.74. The van der Waals surface area contributed by atoms with Gasteiger partial charge in [0, 0.05) is 24.3 Å². The molecule has 8 heteroatoms. The van der Waals surface area contributed by atoms with Gasteiger partial charge in [-0.3, -0.25) is 4.79 Å². The highest BCUT2D eigenvalue weighted by Crippen LogP contribution is 2.37. The summed E-state index contributed by atoms with van der Waals surface area (Å²) in [7, 11) is 0. The quantitative estimate of drug-likeness (QED) is 0.850. The Kier molecular flexibility index (Phi) is 4.85. The summed E-state index contributed by atoms with van der Waals surface area (Å²) in [6, 6.07) is 6.51. The van der Waals surface area contributed by atoms with E-state index >= 15 is 0 Å². The van der Waals surface area contributed by atoms with Gasteiger partial charge in [-0.05, 0) is 43.2 Å². The third-order valence-corrected chi connectivity index (χ3v) is 4.19.